The molecule has 0 saturated heterocycles. The van der Waals surface area contributed by atoms with Crippen LogP contribution in [0.15, 0.2) is 24.4 Å². The van der Waals surface area contributed by atoms with Crippen LogP contribution in [0.2, 0.25) is 0 Å². The number of hydrogen-bond acceptors (Lipinski definition) is 3. The Kier molecular flexibility index (Phi) is 5.15. The molecular formula is C19H29N3O. The highest BCUT2D eigenvalue weighted by Crippen LogP contribution is 2.23. The molecule has 4 heteroatoms. The molecule has 0 atom stereocenters. The molecule has 0 N–H and O–H groups in total. The van der Waals surface area contributed by atoms with Gasteiger partial charge < -0.3 is 9.30 Å². The minimum absolute atomic E-state index is 0.0781. The Morgan fingerprint density at radius 1 is 1.22 bits per heavy atom. The van der Waals surface area contributed by atoms with E-state index in [2.05, 4.69) is 75.7 Å². The van der Waals surface area contributed by atoms with Gasteiger partial charge >= 0.3 is 0 Å². The first kappa shape index (κ1) is 17.5. The lowest BCUT2D eigenvalue weighted by Gasteiger charge is -2.18. The minimum Gasteiger partial charge on any atom is -0.496 e. The van der Waals surface area contributed by atoms with Crippen molar-refractivity contribution in [1.29, 1.82) is 0 Å². The molecule has 0 aliphatic heterocycles. The van der Waals surface area contributed by atoms with Crippen LogP contribution < -0.4 is 4.74 Å². The van der Waals surface area contributed by atoms with Crippen molar-refractivity contribution in [3.63, 3.8) is 0 Å². The van der Waals surface area contributed by atoms with Gasteiger partial charge in [0.05, 0.1) is 19.3 Å². The van der Waals surface area contributed by atoms with Gasteiger partial charge in [-0.1, -0.05) is 32.9 Å². The third-order valence-electron chi connectivity index (χ3n) is 4.04. The predicted octanol–water partition coefficient (Wildman–Crippen LogP) is 3.67. The van der Waals surface area contributed by atoms with Gasteiger partial charge in [0.25, 0.3) is 0 Å². The topological polar surface area (TPSA) is 30.3 Å². The summed E-state index contributed by atoms with van der Waals surface area (Å²) in [6, 6.07) is 6.36. The molecule has 0 unspecified atom stereocenters. The van der Waals surface area contributed by atoms with E-state index in [1.807, 2.05) is 0 Å². The third-order valence-corrected chi connectivity index (χ3v) is 4.04. The van der Waals surface area contributed by atoms with Gasteiger partial charge in [0, 0.05) is 30.8 Å². The lowest BCUT2D eigenvalue weighted by atomic mass is 9.93. The summed E-state index contributed by atoms with van der Waals surface area (Å²) in [5, 5.41) is 0. The van der Waals surface area contributed by atoms with Gasteiger partial charge in [0.1, 0.15) is 11.6 Å². The van der Waals surface area contributed by atoms with Gasteiger partial charge in [-0.3, -0.25) is 4.90 Å². The normalized spacial score (nSPS) is 12.0. The second-order valence-electron chi connectivity index (χ2n) is 7.39. The molecule has 0 aliphatic carbocycles. The molecule has 0 radical (unpaired) electrons. The summed E-state index contributed by atoms with van der Waals surface area (Å²) in [6.07, 6.45) is 2.13. The Morgan fingerprint density at radius 2 is 1.91 bits per heavy atom. The van der Waals surface area contributed by atoms with Gasteiger partial charge in [-0.25, -0.2) is 4.98 Å². The van der Waals surface area contributed by atoms with Crippen molar-refractivity contribution in [1.82, 2.24) is 14.5 Å². The second-order valence-corrected chi connectivity index (χ2v) is 7.39. The van der Waals surface area contributed by atoms with Crippen molar-refractivity contribution in [2.75, 3.05) is 14.2 Å². The Labute approximate surface area is 140 Å². The largest absolute Gasteiger partial charge is 0.496 e. The van der Waals surface area contributed by atoms with Crippen LogP contribution in [0.1, 0.15) is 43.4 Å². The summed E-state index contributed by atoms with van der Waals surface area (Å²) in [4.78, 5) is 7.08. The number of methoxy groups -OCH3 is 1. The molecule has 2 rings (SSSR count). The van der Waals surface area contributed by atoms with Crippen LogP contribution in [-0.2, 0) is 25.6 Å². The SMILES string of the molecule is COc1cc(C)ccc1CN(C)Cc1nc(C(C)(C)C)cn1C. The maximum Gasteiger partial charge on any atom is 0.123 e. The Bertz CT molecular complexity index is 668. The Hall–Kier alpha value is -1.81. The molecule has 0 spiro atoms. The fraction of sp³-hybridized carbons (Fsp3) is 0.526. The smallest absolute Gasteiger partial charge is 0.123 e. The van der Waals surface area contributed by atoms with E-state index >= 15 is 0 Å². The maximum atomic E-state index is 5.50. The monoisotopic (exact) mass is 315 g/mol. The second kappa shape index (κ2) is 6.75. The van der Waals surface area contributed by atoms with Crippen LogP contribution in [0.4, 0.5) is 0 Å². The predicted molar refractivity (Wildman–Crippen MR) is 94.8 cm³/mol. The zero-order valence-corrected chi connectivity index (χ0v) is 15.5. The zero-order chi connectivity index (χ0) is 17.2. The average Bonchev–Trinajstić information content (AvgIpc) is 2.82. The van der Waals surface area contributed by atoms with Crippen molar-refractivity contribution >= 4 is 0 Å². The maximum absolute atomic E-state index is 5.50. The van der Waals surface area contributed by atoms with Crippen LogP contribution in [0.25, 0.3) is 0 Å². The summed E-state index contributed by atoms with van der Waals surface area (Å²) < 4.78 is 7.63. The van der Waals surface area contributed by atoms with Crippen molar-refractivity contribution in [2.45, 2.75) is 46.2 Å². The van der Waals surface area contributed by atoms with E-state index < -0.39 is 0 Å². The van der Waals surface area contributed by atoms with Gasteiger partial charge in [-0.2, -0.15) is 0 Å². The molecule has 0 bridgehead atoms. The summed E-state index contributed by atoms with van der Waals surface area (Å²) in [5.41, 5.74) is 3.63. The van der Waals surface area contributed by atoms with Gasteiger partial charge in [0.15, 0.2) is 0 Å². The van der Waals surface area contributed by atoms with E-state index in [-0.39, 0.29) is 5.41 Å². The number of aryl methyl sites for hydroxylation is 2. The van der Waals surface area contributed by atoms with E-state index in [1.54, 1.807) is 7.11 Å². The highest BCUT2D eigenvalue weighted by atomic mass is 16.5. The molecule has 0 amide bonds. The molecule has 2 aromatic rings. The first-order valence-electron chi connectivity index (χ1n) is 8.05. The molecule has 1 aromatic carbocycles. The molecular weight excluding hydrogens is 286 g/mol. The van der Waals surface area contributed by atoms with Crippen molar-refractivity contribution in [3.05, 3.63) is 47.0 Å². The van der Waals surface area contributed by atoms with E-state index in [0.717, 1.165) is 30.4 Å². The van der Waals surface area contributed by atoms with E-state index in [1.165, 1.54) is 11.1 Å². The standard InChI is InChI=1S/C19H29N3O/c1-14-8-9-15(16(10-14)23-7)11-21(5)13-18-20-17(12-22(18)6)19(2,3)4/h8-10,12H,11,13H2,1-7H3. The fourth-order valence-corrected chi connectivity index (χ4v) is 2.58. The number of hydrogen-bond donors (Lipinski definition) is 0. The highest BCUT2D eigenvalue weighted by Gasteiger charge is 2.19. The van der Waals surface area contributed by atoms with E-state index in [4.69, 9.17) is 9.72 Å². The highest BCUT2D eigenvalue weighted by molar-refractivity contribution is 5.37. The Balaban J connectivity index is 2.11. The number of ether oxygens (including phenoxy) is 1. The molecule has 4 nitrogen and oxygen atoms in total. The number of nitrogens with zero attached hydrogens (tertiary/aromatic N) is 3. The minimum atomic E-state index is 0.0781. The first-order valence-corrected chi connectivity index (χ1v) is 8.05. The molecule has 0 fully saturated rings. The zero-order valence-electron chi connectivity index (χ0n) is 15.5. The van der Waals surface area contributed by atoms with Crippen molar-refractivity contribution < 1.29 is 4.74 Å². The van der Waals surface area contributed by atoms with Crippen LogP contribution in [-0.4, -0.2) is 28.6 Å². The lowest BCUT2D eigenvalue weighted by Crippen LogP contribution is -2.20. The average molecular weight is 315 g/mol. The number of aromatic nitrogens is 2. The van der Waals surface area contributed by atoms with Crippen LogP contribution in [0.5, 0.6) is 5.75 Å². The van der Waals surface area contributed by atoms with Gasteiger partial charge in [-0.15, -0.1) is 0 Å². The van der Waals surface area contributed by atoms with Crippen LogP contribution >= 0.6 is 0 Å². The summed E-state index contributed by atoms with van der Waals surface area (Å²) in [5.74, 6) is 2.04. The third kappa shape index (κ3) is 4.35. The molecule has 23 heavy (non-hydrogen) atoms. The number of rotatable bonds is 5. The quantitative estimate of drug-likeness (QED) is 0.843. The molecule has 126 valence electrons. The van der Waals surface area contributed by atoms with Crippen molar-refractivity contribution in [3.8, 4) is 5.75 Å². The van der Waals surface area contributed by atoms with E-state index in [9.17, 15) is 0 Å². The lowest BCUT2D eigenvalue weighted by molar-refractivity contribution is 0.299. The van der Waals surface area contributed by atoms with Crippen LogP contribution in [0.3, 0.4) is 0 Å². The molecule has 0 saturated carbocycles. The Morgan fingerprint density at radius 3 is 2.48 bits per heavy atom. The molecule has 1 aromatic heterocycles. The van der Waals surface area contributed by atoms with E-state index in [0.29, 0.717) is 0 Å². The van der Waals surface area contributed by atoms with Gasteiger partial charge in [-0.05, 0) is 25.6 Å². The number of benzene rings is 1. The van der Waals surface area contributed by atoms with Crippen LogP contribution in [0, 0.1) is 6.92 Å². The number of imidazole rings is 1. The van der Waals surface area contributed by atoms with Gasteiger partial charge in [0.2, 0.25) is 0 Å². The fourth-order valence-electron chi connectivity index (χ4n) is 2.58. The molecule has 1 heterocycles. The summed E-state index contributed by atoms with van der Waals surface area (Å²) >= 11 is 0. The first-order chi connectivity index (χ1) is 10.7. The summed E-state index contributed by atoms with van der Waals surface area (Å²) in [7, 11) is 5.91. The molecule has 0 aliphatic rings. The summed E-state index contributed by atoms with van der Waals surface area (Å²) in [6.45, 7) is 10.3. The van der Waals surface area contributed by atoms with Crippen molar-refractivity contribution in [2.24, 2.45) is 7.05 Å².